The van der Waals surface area contributed by atoms with Crippen molar-refractivity contribution in [2.75, 3.05) is 0 Å². The minimum absolute atomic E-state index is 0.199. The lowest BCUT2D eigenvalue weighted by atomic mass is 10.1. The maximum Gasteiger partial charge on any atom is 0.448 e. The van der Waals surface area contributed by atoms with Crippen LogP contribution in [0.25, 0.3) is 0 Å². The third-order valence-corrected chi connectivity index (χ3v) is 1.14. The molecule has 0 rings (SSSR count). The lowest BCUT2D eigenvalue weighted by Gasteiger charge is -2.04. The molecule has 0 spiro atoms. The van der Waals surface area contributed by atoms with Gasteiger partial charge < -0.3 is 5.11 Å². The monoisotopic (exact) mass is 182 g/mol. The summed E-state index contributed by atoms with van der Waals surface area (Å²) in [6, 6.07) is 0. The van der Waals surface area contributed by atoms with Crippen molar-refractivity contribution in [1.82, 2.24) is 0 Å². The van der Waals surface area contributed by atoms with E-state index in [-0.39, 0.29) is 6.08 Å². The van der Waals surface area contributed by atoms with Crippen LogP contribution in [0.5, 0.6) is 0 Å². The van der Waals surface area contributed by atoms with E-state index in [1.165, 1.54) is 13.8 Å². The van der Waals surface area contributed by atoms with E-state index in [4.69, 9.17) is 5.11 Å². The zero-order valence-electron chi connectivity index (χ0n) is 6.64. The summed E-state index contributed by atoms with van der Waals surface area (Å²) < 4.78 is 34.8. The Morgan fingerprint density at radius 1 is 1.42 bits per heavy atom. The van der Waals surface area contributed by atoms with Crippen LogP contribution in [-0.2, 0) is 4.79 Å². The first kappa shape index (κ1) is 11.0. The van der Waals surface area contributed by atoms with Crippen LogP contribution in [0.1, 0.15) is 13.8 Å². The zero-order chi connectivity index (χ0) is 9.94. The molecule has 0 aliphatic rings. The Labute approximate surface area is 67.7 Å². The van der Waals surface area contributed by atoms with Crippen molar-refractivity contribution in [3.8, 4) is 0 Å². The third-order valence-electron chi connectivity index (χ3n) is 1.14. The Balaban J connectivity index is 4.48. The van der Waals surface area contributed by atoms with Gasteiger partial charge in [-0.05, 0) is 0 Å². The molecule has 0 unspecified atom stereocenters. The largest absolute Gasteiger partial charge is 0.504 e. The van der Waals surface area contributed by atoms with E-state index in [1.54, 1.807) is 0 Å². The van der Waals surface area contributed by atoms with Gasteiger partial charge in [0.1, 0.15) is 0 Å². The number of aliphatic hydroxyl groups excluding tert-OH is 1. The molecule has 0 aliphatic carbocycles. The maximum atomic E-state index is 11.6. The predicted molar refractivity (Wildman–Crippen MR) is 36.6 cm³/mol. The van der Waals surface area contributed by atoms with Crippen molar-refractivity contribution in [3.63, 3.8) is 0 Å². The Morgan fingerprint density at radius 3 is 2.08 bits per heavy atom. The topological polar surface area (TPSA) is 37.3 Å². The second kappa shape index (κ2) is 3.60. The Morgan fingerprint density at radius 2 is 1.83 bits per heavy atom. The van der Waals surface area contributed by atoms with Crippen LogP contribution in [0.3, 0.4) is 0 Å². The van der Waals surface area contributed by atoms with Crippen molar-refractivity contribution in [2.24, 2.45) is 5.92 Å². The Hall–Kier alpha value is -1.00. The summed E-state index contributed by atoms with van der Waals surface area (Å²) in [5, 5.41) is 8.32. The Bertz CT molecular complexity index is 203. The van der Waals surface area contributed by atoms with Crippen LogP contribution < -0.4 is 0 Å². The smallest absolute Gasteiger partial charge is 0.448 e. The molecule has 0 aromatic heterocycles. The average Bonchev–Trinajstić information content (AvgIpc) is 1.85. The van der Waals surface area contributed by atoms with Crippen molar-refractivity contribution in [3.05, 3.63) is 11.8 Å². The van der Waals surface area contributed by atoms with Crippen molar-refractivity contribution in [1.29, 1.82) is 0 Å². The molecule has 0 heterocycles. The third kappa shape index (κ3) is 3.41. The molecule has 0 saturated carbocycles. The second-order valence-corrected chi connectivity index (χ2v) is 2.58. The molecule has 0 aliphatic heterocycles. The number of aliphatic hydroxyl groups is 1. The van der Waals surface area contributed by atoms with Crippen LogP contribution in [0.15, 0.2) is 11.8 Å². The number of hydrogen-bond donors (Lipinski definition) is 1. The highest BCUT2D eigenvalue weighted by Crippen LogP contribution is 2.23. The standard InChI is InChI=1S/C7H9F3O2/c1-4(2)5(11)3-6(12)7(8,9)10/h3-4,12H,1-2H3/b6-3+. The van der Waals surface area contributed by atoms with E-state index < -0.39 is 23.6 Å². The number of rotatable bonds is 2. The minimum atomic E-state index is -4.83. The Kier molecular flexibility index (Phi) is 3.30. The molecule has 2 nitrogen and oxygen atoms in total. The van der Waals surface area contributed by atoms with Gasteiger partial charge in [-0.1, -0.05) is 13.8 Å². The summed E-state index contributed by atoms with van der Waals surface area (Å²) in [4.78, 5) is 10.7. The molecule has 70 valence electrons. The molecule has 0 bridgehead atoms. The SMILES string of the molecule is CC(C)C(=O)/C=C(/O)C(F)(F)F. The van der Waals surface area contributed by atoms with Crippen LogP contribution >= 0.6 is 0 Å². The highest BCUT2D eigenvalue weighted by Gasteiger charge is 2.34. The summed E-state index contributed by atoms with van der Waals surface area (Å²) in [6.45, 7) is 2.89. The normalized spacial score (nSPS) is 13.7. The first-order valence-corrected chi connectivity index (χ1v) is 3.27. The minimum Gasteiger partial charge on any atom is -0.504 e. The average molecular weight is 182 g/mol. The van der Waals surface area contributed by atoms with Crippen molar-refractivity contribution in [2.45, 2.75) is 20.0 Å². The lowest BCUT2D eigenvalue weighted by molar-refractivity contribution is -0.126. The molecule has 0 radical (unpaired) electrons. The second-order valence-electron chi connectivity index (χ2n) is 2.58. The van der Waals surface area contributed by atoms with E-state index in [9.17, 15) is 18.0 Å². The fourth-order valence-corrected chi connectivity index (χ4v) is 0.383. The quantitative estimate of drug-likeness (QED) is 0.525. The van der Waals surface area contributed by atoms with Crippen LogP contribution in [0.2, 0.25) is 0 Å². The van der Waals surface area contributed by atoms with Gasteiger partial charge in [-0.15, -0.1) is 0 Å². The van der Waals surface area contributed by atoms with E-state index in [0.29, 0.717) is 0 Å². The molecular weight excluding hydrogens is 173 g/mol. The van der Waals surface area contributed by atoms with Gasteiger partial charge in [0.15, 0.2) is 5.78 Å². The number of halogens is 3. The van der Waals surface area contributed by atoms with E-state index >= 15 is 0 Å². The first-order valence-electron chi connectivity index (χ1n) is 3.27. The van der Waals surface area contributed by atoms with Crippen LogP contribution in [-0.4, -0.2) is 17.1 Å². The van der Waals surface area contributed by atoms with E-state index in [1.807, 2.05) is 0 Å². The number of carbonyl (C=O) groups is 1. The highest BCUT2D eigenvalue weighted by molar-refractivity contribution is 5.91. The molecular formula is C7H9F3O2. The van der Waals surface area contributed by atoms with Crippen molar-refractivity contribution < 1.29 is 23.1 Å². The van der Waals surface area contributed by atoms with E-state index in [2.05, 4.69) is 0 Å². The maximum absolute atomic E-state index is 11.6. The van der Waals surface area contributed by atoms with E-state index in [0.717, 1.165) is 0 Å². The summed E-state index contributed by atoms with van der Waals surface area (Å²) in [6.07, 6.45) is -4.63. The first-order chi connectivity index (χ1) is 5.25. The van der Waals surface area contributed by atoms with Gasteiger partial charge >= 0.3 is 6.18 Å². The number of hydrogen-bond acceptors (Lipinski definition) is 2. The van der Waals surface area contributed by atoms with Crippen molar-refractivity contribution >= 4 is 5.78 Å². The molecule has 0 atom stereocenters. The summed E-state index contributed by atoms with van der Waals surface area (Å²) in [7, 11) is 0. The molecule has 0 fully saturated rings. The van der Waals surface area contributed by atoms with Crippen LogP contribution in [0, 0.1) is 5.92 Å². The molecule has 5 heteroatoms. The molecule has 1 N–H and O–H groups in total. The number of ketones is 1. The summed E-state index contributed by atoms with van der Waals surface area (Å²) >= 11 is 0. The molecule has 0 saturated heterocycles. The van der Waals surface area contributed by atoms with Gasteiger partial charge in [0.25, 0.3) is 0 Å². The molecule has 0 amide bonds. The fourth-order valence-electron chi connectivity index (χ4n) is 0.383. The molecule has 0 aromatic rings. The zero-order valence-corrected chi connectivity index (χ0v) is 6.64. The van der Waals surface area contributed by atoms with Gasteiger partial charge in [-0.3, -0.25) is 4.79 Å². The predicted octanol–water partition coefficient (Wildman–Crippen LogP) is 2.22. The number of alkyl halides is 3. The highest BCUT2D eigenvalue weighted by atomic mass is 19.4. The molecule has 0 aromatic carbocycles. The molecule has 12 heavy (non-hydrogen) atoms. The van der Waals surface area contributed by atoms with Crippen LogP contribution in [0.4, 0.5) is 13.2 Å². The summed E-state index contributed by atoms with van der Waals surface area (Å²) in [5.41, 5.74) is 0. The van der Waals surface area contributed by atoms with Gasteiger partial charge in [-0.2, -0.15) is 13.2 Å². The van der Waals surface area contributed by atoms with Gasteiger partial charge in [0, 0.05) is 12.0 Å². The number of carbonyl (C=O) groups excluding carboxylic acids is 1. The van der Waals surface area contributed by atoms with Gasteiger partial charge in [-0.25, -0.2) is 0 Å². The fraction of sp³-hybridized carbons (Fsp3) is 0.571. The lowest BCUT2D eigenvalue weighted by Crippen LogP contribution is -2.14. The van der Waals surface area contributed by atoms with Gasteiger partial charge in [0.05, 0.1) is 0 Å². The van der Waals surface area contributed by atoms with Gasteiger partial charge in [0.2, 0.25) is 5.76 Å². The number of allylic oxidation sites excluding steroid dienone is 2. The summed E-state index contributed by atoms with van der Waals surface area (Å²) in [5.74, 6) is -3.14.